The summed E-state index contributed by atoms with van der Waals surface area (Å²) < 4.78 is 5.76. The first-order valence-corrected chi connectivity index (χ1v) is 7.94. The lowest BCUT2D eigenvalue weighted by Crippen LogP contribution is -2.57. The lowest BCUT2D eigenvalue weighted by Gasteiger charge is -2.41. The van der Waals surface area contributed by atoms with Gasteiger partial charge >= 0.3 is 0 Å². The number of ether oxygens (including phenoxy) is 1. The molecule has 3 unspecified atom stereocenters. The van der Waals surface area contributed by atoms with Gasteiger partial charge in [-0.15, -0.1) is 0 Å². The van der Waals surface area contributed by atoms with Crippen molar-refractivity contribution >= 4 is 0 Å². The molecule has 1 N–H and O–H groups in total. The van der Waals surface area contributed by atoms with Crippen molar-refractivity contribution in [2.75, 3.05) is 46.9 Å². The number of hydrogen-bond donors (Lipinski definition) is 1. The topological polar surface area (TPSA) is 27.7 Å². The van der Waals surface area contributed by atoms with Gasteiger partial charge in [0.15, 0.2) is 0 Å². The maximum atomic E-state index is 5.76. The second kappa shape index (κ2) is 7.58. The second-order valence-electron chi connectivity index (χ2n) is 6.29. The zero-order valence-electron chi connectivity index (χ0n) is 12.9. The summed E-state index contributed by atoms with van der Waals surface area (Å²) in [6.45, 7) is 7.63. The van der Waals surface area contributed by atoms with E-state index in [0.29, 0.717) is 18.1 Å². The van der Waals surface area contributed by atoms with E-state index >= 15 is 0 Å². The number of likely N-dealkylation sites (N-methyl/N-ethyl adjacent to an activating group) is 1. The molecule has 0 amide bonds. The molecular formula is C15H31N3O. The fourth-order valence-corrected chi connectivity index (χ4v) is 3.53. The van der Waals surface area contributed by atoms with E-state index in [4.69, 9.17) is 4.74 Å². The summed E-state index contributed by atoms with van der Waals surface area (Å²) in [7, 11) is 4.36. The zero-order valence-corrected chi connectivity index (χ0v) is 12.9. The molecule has 2 fully saturated rings. The molecule has 0 aliphatic carbocycles. The van der Waals surface area contributed by atoms with Gasteiger partial charge in [-0.2, -0.15) is 0 Å². The molecule has 112 valence electrons. The van der Waals surface area contributed by atoms with E-state index in [-0.39, 0.29) is 0 Å². The molecule has 2 heterocycles. The summed E-state index contributed by atoms with van der Waals surface area (Å²) >= 11 is 0. The number of likely N-dealkylation sites (tertiary alicyclic amines) is 1. The highest BCUT2D eigenvalue weighted by atomic mass is 16.5. The van der Waals surface area contributed by atoms with Crippen molar-refractivity contribution < 1.29 is 4.74 Å². The van der Waals surface area contributed by atoms with Gasteiger partial charge in [-0.1, -0.05) is 6.92 Å². The first-order chi connectivity index (χ1) is 9.22. The van der Waals surface area contributed by atoms with Crippen molar-refractivity contribution in [2.24, 2.45) is 0 Å². The fraction of sp³-hybridized carbons (Fsp3) is 1.00. The third kappa shape index (κ3) is 4.15. The maximum Gasteiger partial charge on any atom is 0.0637 e. The summed E-state index contributed by atoms with van der Waals surface area (Å²) in [6.07, 6.45) is 5.06. The van der Waals surface area contributed by atoms with Crippen LogP contribution in [-0.4, -0.2) is 74.9 Å². The molecule has 2 saturated heterocycles. The van der Waals surface area contributed by atoms with Crippen LogP contribution in [0.5, 0.6) is 0 Å². The van der Waals surface area contributed by atoms with Gasteiger partial charge in [-0.3, -0.25) is 4.90 Å². The molecule has 0 aromatic rings. The van der Waals surface area contributed by atoms with Crippen LogP contribution in [0.4, 0.5) is 0 Å². The Bertz CT molecular complexity index is 260. The van der Waals surface area contributed by atoms with Crippen LogP contribution in [0.1, 0.15) is 32.6 Å². The Morgan fingerprint density at radius 3 is 2.89 bits per heavy atom. The summed E-state index contributed by atoms with van der Waals surface area (Å²) in [4.78, 5) is 5.04. The van der Waals surface area contributed by atoms with Crippen LogP contribution in [0.15, 0.2) is 0 Å². The Morgan fingerprint density at radius 2 is 2.16 bits per heavy atom. The van der Waals surface area contributed by atoms with Gasteiger partial charge in [0.25, 0.3) is 0 Å². The smallest absolute Gasteiger partial charge is 0.0637 e. The van der Waals surface area contributed by atoms with E-state index in [0.717, 1.165) is 26.2 Å². The lowest BCUT2D eigenvalue weighted by atomic mass is 10.0. The van der Waals surface area contributed by atoms with E-state index in [1.807, 2.05) is 0 Å². The lowest BCUT2D eigenvalue weighted by molar-refractivity contribution is -0.0108. The highest BCUT2D eigenvalue weighted by molar-refractivity contribution is 4.93. The van der Waals surface area contributed by atoms with E-state index in [1.165, 1.54) is 32.4 Å². The van der Waals surface area contributed by atoms with Crippen LogP contribution in [0, 0.1) is 0 Å². The predicted molar refractivity (Wildman–Crippen MR) is 79.6 cm³/mol. The van der Waals surface area contributed by atoms with Crippen LogP contribution < -0.4 is 5.32 Å². The molecule has 4 heteroatoms. The molecule has 0 aromatic heterocycles. The third-order valence-corrected chi connectivity index (χ3v) is 4.41. The van der Waals surface area contributed by atoms with Crippen molar-refractivity contribution in [3.63, 3.8) is 0 Å². The average Bonchev–Trinajstić information content (AvgIpc) is 2.84. The van der Waals surface area contributed by atoms with Gasteiger partial charge in [0.1, 0.15) is 0 Å². The SMILES string of the molecule is CCCNC1CCOCC1N1CCCC1CN(C)C. The van der Waals surface area contributed by atoms with E-state index in [1.54, 1.807) is 0 Å². The summed E-state index contributed by atoms with van der Waals surface area (Å²) in [5, 5.41) is 3.74. The van der Waals surface area contributed by atoms with Gasteiger partial charge in [-0.25, -0.2) is 0 Å². The highest BCUT2D eigenvalue weighted by Gasteiger charge is 2.36. The van der Waals surface area contributed by atoms with E-state index in [9.17, 15) is 0 Å². The molecule has 2 aliphatic heterocycles. The van der Waals surface area contributed by atoms with Gasteiger partial charge in [0.2, 0.25) is 0 Å². The summed E-state index contributed by atoms with van der Waals surface area (Å²) in [6, 6.07) is 1.91. The van der Waals surface area contributed by atoms with Crippen molar-refractivity contribution in [3.8, 4) is 0 Å². The molecule has 2 rings (SSSR count). The number of rotatable bonds is 6. The average molecular weight is 269 g/mol. The molecule has 2 aliphatic rings. The minimum absolute atomic E-state index is 0.577. The Balaban J connectivity index is 1.95. The molecule has 3 atom stereocenters. The van der Waals surface area contributed by atoms with Crippen molar-refractivity contribution in [1.29, 1.82) is 0 Å². The van der Waals surface area contributed by atoms with Gasteiger partial charge in [-0.05, 0) is 52.9 Å². The van der Waals surface area contributed by atoms with Crippen LogP contribution in [0.3, 0.4) is 0 Å². The van der Waals surface area contributed by atoms with Crippen molar-refractivity contribution in [1.82, 2.24) is 15.1 Å². The first-order valence-electron chi connectivity index (χ1n) is 7.94. The van der Waals surface area contributed by atoms with Gasteiger partial charge in [0, 0.05) is 31.3 Å². The Hall–Kier alpha value is -0.160. The Kier molecular flexibility index (Phi) is 6.07. The van der Waals surface area contributed by atoms with Gasteiger partial charge in [0.05, 0.1) is 6.61 Å². The molecule has 0 aromatic carbocycles. The van der Waals surface area contributed by atoms with E-state index < -0.39 is 0 Å². The second-order valence-corrected chi connectivity index (χ2v) is 6.29. The third-order valence-electron chi connectivity index (χ3n) is 4.41. The predicted octanol–water partition coefficient (Wildman–Crippen LogP) is 1.17. The molecule has 0 bridgehead atoms. The Morgan fingerprint density at radius 1 is 1.32 bits per heavy atom. The monoisotopic (exact) mass is 269 g/mol. The zero-order chi connectivity index (χ0) is 13.7. The summed E-state index contributed by atoms with van der Waals surface area (Å²) in [5.41, 5.74) is 0. The molecule has 0 spiro atoms. The minimum Gasteiger partial charge on any atom is -0.380 e. The van der Waals surface area contributed by atoms with Crippen LogP contribution in [0.25, 0.3) is 0 Å². The molecule has 0 saturated carbocycles. The molecule has 4 nitrogen and oxygen atoms in total. The van der Waals surface area contributed by atoms with Crippen LogP contribution in [-0.2, 0) is 4.74 Å². The normalized spacial score (nSPS) is 33.2. The summed E-state index contributed by atoms with van der Waals surface area (Å²) in [5.74, 6) is 0. The largest absolute Gasteiger partial charge is 0.380 e. The number of nitrogens with zero attached hydrogens (tertiary/aromatic N) is 2. The standard InChI is InChI=1S/C15H31N3O/c1-4-8-16-14-7-10-19-12-15(14)18-9-5-6-13(18)11-17(2)3/h13-16H,4-12H2,1-3H3. The molecule has 19 heavy (non-hydrogen) atoms. The van der Waals surface area contributed by atoms with Gasteiger partial charge < -0.3 is 15.0 Å². The van der Waals surface area contributed by atoms with E-state index in [2.05, 4.69) is 36.1 Å². The van der Waals surface area contributed by atoms with Crippen LogP contribution in [0.2, 0.25) is 0 Å². The number of nitrogens with one attached hydrogen (secondary N) is 1. The molecular weight excluding hydrogens is 238 g/mol. The maximum absolute atomic E-state index is 5.76. The molecule has 0 radical (unpaired) electrons. The van der Waals surface area contributed by atoms with Crippen molar-refractivity contribution in [3.05, 3.63) is 0 Å². The number of hydrogen-bond acceptors (Lipinski definition) is 4. The minimum atomic E-state index is 0.577. The van der Waals surface area contributed by atoms with Crippen molar-refractivity contribution in [2.45, 2.75) is 50.7 Å². The van der Waals surface area contributed by atoms with Crippen LogP contribution >= 0.6 is 0 Å². The highest BCUT2D eigenvalue weighted by Crippen LogP contribution is 2.25. The first kappa shape index (κ1) is 15.2. The Labute approximate surface area is 118 Å². The fourth-order valence-electron chi connectivity index (χ4n) is 3.53. The quantitative estimate of drug-likeness (QED) is 0.783.